The van der Waals surface area contributed by atoms with Gasteiger partial charge in [-0.2, -0.15) is 4.37 Å². The molecule has 1 aromatic heterocycles. The first-order valence-corrected chi connectivity index (χ1v) is 8.19. The van der Waals surface area contributed by atoms with E-state index < -0.39 is 0 Å². The number of hydrogen-bond acceptors (Lipinski definition) is 5. The maximum atomic E-state index is 11.9. The van der Waals surface area contributed by atoms with Crippen LogP contribution in [0.1, 0.15) is 19.8 Å². The second kappa shape index (κ2) is 8.89. The lowest BCUT2D eigenvalue weighted by molar-refractivity contribution is -0.116. The topological polar surface area (TPSA) is 88.2 Å². The minimum atomic E-state index is -0.0754. The van der Waals surface area contributed by atoms with E-state index in [2.05, 4.69) is 9.69 Å². The van der Waals surface area contributed by atoms with Gasteiger partial charge in [-0.05, 0) is 41.7 Å². The first kappa shape index (κ1) is 21.0. The Morgan fingerprint density at radius 3 is 2.76 bits per heavy atom. The number of amides is 1. The number of fused-ring (bicyclic) bond motifs is 1. The number of benzene rings is 2. The monoisotopic (exact) mass is 399 g/mol. The average Bonchev–Trinajstić information content (AvgIpc) is 2.99. The molecule has 25 heavy (non-hydrogen) atoms. The van der Waals surface area contributed by atoms with E-state index in [0.717, 1.165) is 22.9 Å². The van der Waals surface area contributed by atoms with E-state index >= 15 is 0 Å². The molecular formula is C17H19Cl2N3O2S. The number of aromatic hydroxyl groups is 1. The summed E-state index contributed by atoms with van der Waals surface area (Å²) < 4.78 is 4.33. The lowest BCUT2D eigenvalue weighted by atomic mass is 9.99. The first-order chi connectivity index (χ1) is 11.1. The number of carbonyl (C=O) groups is 1. The largest absolute Gasteiger partial charge is 0.506 e. The smallest absolute Gasteiger partial charge is 0.224 e. The van der Waals surface area contributed by atoms with Crippen molar-refractivity contribution in [1.82, 2.24) is 4.37 Å². The zero-order valence-electron chi connectivity index (χ0n) is 13.5. The summed E-state index contributed by atoms with van der Waals surface area (Å²) >= 11 is 1.39. The molecule has 0 spiro atoms. The number of rotatable bonds is 4. The fraction of sp³-hybridized carbons (Fsp3) is 0.176. The molecular weight excluding hydrogens is 381 g/mol. The van der Waals surface area contributed by atoms with Gasteiger partial charge in [-0.1, -0.05) is 19.1 Å². The molecule has 3 aromatic rings. The van der Waals surface area contributed by atoms with Crippen LogP contribution < -0.4 is 11.1 Å². The van der Waals surface area contributed by atoms with Gasteiger partial charge in [0.05, 0.1) is 16.9 Å². The van der Waals surface area contributed by atoms with Crippen molar-refractivity contribution in [2.24, 2.45) is 0 Å². The Balaban J connectivity index is 0.00000156. The van der Waals surface area contributed by atoms with Crippen LogP contribution in [0, 0.1) is 0 Å². The Kier molecular flexibility index (Phi) is 7.48. The number of nitrogens with zero attached hydrogens (tertiary/aromatic N) is 1. The quantitative estimate of drug-likeness (QED) is 0.332. The third-order valence-electron chi connectivity index (χ3n) is 3.62. The summed E-state index contributed by atoms with van der Waals surface area (Å²) in [6, 6.07) is 8.93. The summed E-state index contributed by atoms with van der Waals surface area (Å²) in [5, 5.41) is 15.8. The molecule has 0 aliphatic heterocycles. The van der Waals surface area contributed by atoms with Crippen molar-refractivity contribution < 1.29 is 9.90 Å². The highest BCUT2D eigenvalue weighted by atomic mass is 35.5. The van der Waals surface area contributed by atoms with Crippen LogP contribution in [-0.2, 0) is 4.79 Å². The third-order valence-corrected chi connectivity index (χ3v) is 4.28. The van der Waals surface area contributed by atoms with Crippen molar-refractivity contribution in [1.29, 1.82) is 0 Å². The molecule has 5 nitrogen and oxygen atoms in total. The number of aromatic nitrogens is 1. The number of nitrogens with one attached hydrogen (secondary N) is 1. The first-order valence-electron chi connectivity index (χ1n) is 7.36. The van der Waals surface area contributed by atoms with Gasteiger partial charge in [0, 0.05) is 22.8 Å². The summed E-state index contributed by atoms with van der Waals surface area (Å²) in [4.78, 5) is 11.9. The van der Waals surface area contributed by atoms with E-state index in [0.29, 0.717) is 17.7 Å². The maximum Gasteiger partial charge on any atom is 0.224 e. The standard InChI is InChI=1S/C17H17N3O2S.2ClH/c1-2-3-15(22)19-12-6-7-14(21)17(18)16(12)10-4-5-11-9-23-20-13(11)8-10;;/h4-9,21H,2-3,18H2,1H3,(H,19,22);2*1H. The van der Waals surface area contributed by atoms with Gasteiger partial charge in [-0.3, -0.25) is 4.79 Å². The van der Waals surface area contributed by atoms with E-state index in [4.69, 9.17) is 5.73 Å². The fourth-order valence-electron chi connectivity index (χ4n) is 2.48. The minimum absolute atomic E-state index is 0. The third kappa shape index (κ3) is 4.34. The van der Waals surface area contributed by atoms with Gasteiger partial charge in [0.2, 0.25) is 5.91 Å². The number of anilines is 2. The van der Waals surface area contributed by atoms with Crippen molar-refractivity contribution in [3.05, 3.63) is 35.7 Å². The zero-order chi connectivity index (χ0) is 16.4. The van der Waals surface area contributed by atoms with Crippen LogP contribution in [0.5, 0.6) is 5.75 Å². The van der Waals surface area contributed by atoms with Gasteiger partial charge < -0.3 is 16.2 Å². The maximum absolute atomic E-state index is 11.9. The Morgan fingerprint density at radius 1 is 1.28 bits per heavy atom. The Hall–Kier alpha value is -2.02. The molecule has 0 aliphatic carbocycles. The molecule has 2 aromatic carbocycles. The fourth-order valence-corrected chi connectivity index (χ4v) is 3.12. The van der Waals surface area contributed by atoms with Crippen molar-refractivity contribution in [2.45, 2.75) is 19.8 Å². The summed E-state index contributed by atoms with van der Waals surface area (Å²) in [5.74, 6) is -0.0829. The van der Waals surface area contributed by atoms with Crippen LogP contribution in [0.2, 0.25) is 0 Å². The van der Waals surface area contributed by atoms with Crippen LogP contribution in [0.4, 0.5) is 11.4 Å². The number of phenolic OH excluding ortho intramolecular Hbond substituents is 1. The van der Waals surface area contributed by atoms with Crippen molar-refractivity contribution in [2.75, 3.05) is 11.1 Å². The van der Waals surface area contributed by atoms with Crippen LogP contribution in [0.25, 0.3) is 22.0 Å². The predicted molar refractivity (Wildman–Crippen MR) is 109 cm³/mol. The van der Waals surface area contributed by atoms with Gasteiger partial charge in [0.1, 0.15) is 5.75 Å². The number of halogens is 2. The molecule has 0 fully saturated rings. The molecule has 3 rings (SSSR count). The summed E-state index contributed by atoms with van der Waals surface area (Å²) in [6.45, 7) is 1.95. The van der Waals surface area contributed by atoms with E-state index in [1.165, 1.54) is 17.6 Å². The summed E-state index contributed by atoms with van der Waals surface area (Å²) in [5.41, 5.74) is 9.19. The lowest BCUT2D eigenvalue weighted by Gasteiger charge is -2.15. The van der Waals surface area contributed by atoms with Crippen LogP contribution >= 0.6 is 36.3 Å². The highest BCUT2D eigenvalue weighted by Crippen LogP contribution is 2.40. The summed E-state index contributed by atoms with van der Waals surface area (Å²) in [6.07, 6.45) is 1.20. The Morgan fingerprint density at radius 2 is 2.04 bits per heavy atom. The van der Waals surface area contributed by atoms with Crippen LogP contribution in [0.15, 0.2) is 35.7 Å². The molecule has 0 atom stereocenters. The van der Waals surface area contributed by atoms with Gasteiger partial charge in [0.25, 0.3) is 0 Å². The minimum Gasteiger partial charge on any atom is -0.506 e. The van der Waals surface area contributed by atoms with E-state index in [-0.39, 0.29) is 42.2 Å². The van der Waals surface area contributed by atoms with Gasteiger partial charge in [-0.25, -0.2) is 0 Å². The molecule has 1 heterocycles. The number of phenols is 1. The van der Waals surface area contributed by atoms with E-state index in [1.807, 2.05) is 30.5 Å². The van der Waals surface area contributed by atoms with Gasteiger partial charge >= 0.3 is 0 Å². The van der Waals surface area contributed by atoms with E-state index in [9.17, 15) is 9.90 Å². The molecule has 0 aliphatic rings. The Labute approximate surface area is 162 Å². The molecule has 0 saturated carbocycles. The molecule has 4 N–H and O–H groups in total. The molecule has 0 saturated heterocycles. The molecule has 0 unspecified atom stereocenters. The predicted octanol–water partition coefficient (Wildman–Crippen LogP) is 4.83. The lowest BCUT2D eigenvalue weighted by Crippen LogP contribution is -2.12. The second-order valence-electron chi connectivity index (χ2n) is 5.31. The van der Waals surface area contributed by atoms with E-state index in [1.54, 1.807) is 6.07 Å². The molecule has 0 radical (unpaired) electrons. The number of nitrogens with two attached hydrogens (primary N) is 1. The molecule has 8 heteroatoms. The molecule has 1 amide bonds. The number of hydrogen-bond donors (Lipinski definition) is 3. The van der Waals surface area contributed by atoms with Gasteiger partial charge in [0.15, 0.2) is 0 Å². The highest BCUT2D eigenvalue weighted by molar-refractivity contribution is 7.04. The summed E-state index contributed by atoms with van der Waals surface area (Å²) in [7, 11) is 0. The number of nitrogen functional groups attached to an aromatic ring is 1. The molecule has 0 bridgehead atoms. The Bertz CT molecular complexity index is 883. The van der Waals surface area contributed by atoms with Crippen LogP contribution in [-0.4, -0.2) is 15.4 Å². The second-order valence-corrected chi connectivity index (χ2v) is 5.94. The number of carbonyl (C=O) groups excluding carboxylic acids is 1. The zero-order valence-corrected chi connectivity index (χ0v) is 15.9. The van der Waals surface area contributed by atoms with Crippen LogP contribution in [0.3, 0.4) is 0 Å². The molecule has 134 valence electrons. The normalized spacial score (nSPS) is 9.96. The average molecular weight is 400 g/mol. The highest BCUT2D eigenvalue weighted by Gasteiger charge is 2.15. The van der Waals surface area contributed by atoms with Crippen molar-refractivity contribution in [3.8, 4) is 16.9 Å². The van der Waals surface area contributed by atoms with Gasteiger partial charge in [-0.15, -0.1) is 24.8 Å². The van der Waals surface area contributed by atoms with Crippen molar-refractivity contribution in [3.63, 3.8) is 0 Å². The SMILES string of the molecule is CCCC(=O)Nc1ccc(O)c(N)c1-c1ccc2csnc2c1.Cl.Cl. The van der Waals surface area contributed by atoms with Crippen molar-refractivity contribution >= 4 is 64.5 Å².